The smallest absolute Gasteiger partial charge is 0.311 e. The van der Waals surface area contributed by atoms with Crippen molar-refractivity contribution in [1.82, 2.24) is 4.98 Å². The van der Waals surface area contributed by atoms with E-state index in [4.69, 9.17) is 0 Å². The van der Waals surface area contributed by atoms with Gasteiger partial charge < -0.3 is 5.11 Å². The Hall–Kier alpha value is -1.38. The van der Waals surface area contributed by atoms with Gasteiger partial charge in [0, 0.05) is 12.4 Å². The number of aliphatic carboxylic acids is 1. The van der Waals surface area contributed by atoms with Gasteiger partial charge in [-0.25, -0.2) is 0 Å². The van der Waals surface area contributed by atoms with E-state index >= 15 is 0 Å². The molecule has 80 valence electrons. The molecule has 1 fully saturated rings. The lowest BCUT2D eigenvalue weighted by Gasteiger charge is -2.18. The molecule has 1 aromatic rings. The van der Waals surface area contributed by atoms with Crippen LogP contribution in [-0.4, -0.2) is 16.1 Å². The Labute approximate surface area is 89.2 Å². The summed E-state index contributed by atoms with van der Waals surface area (Å²) >= 11 is 0. The number of carboxylic acid groups (broad SMARTS) is 1. The number of rotatable bonds is 3. The maximum absolute atomic E-state index is 11.3. The lowest BCUT2D eigenvalue weighted by molar-refractivity contribution is -0.140. The van der Waals surface area contributed by atoms with E-state index in [0.717, 1.165) is 31.2 Å². The third-order valence-corrected chi connectivity index (χ3v) is 3.18. The van der Waals surface area contributed by atoms with Crippen LogP contribution in [0, 0.1) is 5.92 Å². The number of carboxylic acids is 1. The van der Waals surface area contributed by atoms with E-state index in [1.807, 2.05) is 6.07 Å². The Bertz CT molecular complexity index is 331. The first-order chi connectivity index (χ1) is 7.29. The standard InChI is InChI=1S/C12H15NO2/c14-12(15)11(9-4-1-2-5-9)10-6-3-7-13-8-10/h3,6-9,11H,1-2,4-5H2,(H,14,15). The fourth-order valence-corrected chi connectivity index (χ4v) is 2.47. The largest absolute Gasteiger partial charge is 0.481 e. The second-order valence-corrected chi connectivity index (χ2v) is 4.15. The van der Waals surface area contributed by atoms with Crippen LogP contribution < -0.4 is 0 Å². The molecule has 0 bridgehead atoms. The first kappa shape index (κ1) is 10.1. The highest BCUT2D eigenvalue weighted by molar-refractivity contribution is 5.76. The summed E-state index contributed by atoms with van der Waals surface area (Å²) in [5.74, 6) is -0.775. The van der Waals surface area contributed by atoms with Crippen molar-refractivity contribution >= 4 is 5.97 Å². The normalized spacial score (nSPS) is 18.9. The van der Waals surface area contributed by atoms with Crippen molar-refractivity contribution in [3.8, 4) is 0 Å². The lowest BCUT2D eigenvalue weighted by atomic mass is 9.86. The number of hydrogen-bond donors (Lipinski definition) is 1. The van der Waals surface area contributed by atoms with Crippen LogP contribution in [0.15, 0.2) is 24.5 Å². The van der Waals surface area contributed by atoms with Gasteiger partial charge in [0.15, 0.2) is 0 Å². The molecule has 0 saturated heterocycles. The van der Waals surface area contributed by atoms with Gasteiger partial charge in [-0.3, -0.25) is 9.78 Å². The van der Waals surface area contributed by atoms with E-state index < -0.39 is 5.97 Å². The van der Waals surface area contributed by atoms with Gasteiger partial charge in [0.2, 0.25) is 0 Å². The third-order valence-electron chi connectivity index (χ3n) is 3.18. The fraction of sp³-hybridized carbons (Fsp3) is 0.500. The molecule has 2 rings (SSSR count). The molecule has 1 aliphatic carbocycles. The molecule has 1 heterocycles. The van der Waals surface area contributed by atoms with Crippen molar-refractivity contribution in [3.63, 3.8) is 0 Å². The predicted octanol–water partition coefficient (Wildman–Crippen LogP) is 2.44. The number of hydrogen-bond acceptors (Lipinski definition) is 2. The minimum Gasteiger partial charge on any atom is -0.481 e. The third kappa shape index (κ3) is 2.17. The fourth-order valence-electron chi connectivity index (χ4n) is 2.47. The maximum atomic E-state index is 11.3. The van der Waals surface area contributed by atoms with Crippen LogP contribution in [0.25, 0.3) is 0 Å². The van der Waals surface area contributed by atoms with E-state index in [0.29, 0.717) is 5.92 Å². The molecule has 3 nitrogen and oxygen atoms in total. The zero-order valence-corrected chi connectivity index (χ0v) is 8.60. The van der Waals surface area contributed by atoms with Gasteiger partial charge in [0.25, 0.3) is 0 Å². The molecular weight excluding hydrogens is 190 g/mol. The quantitative estimate of drug-likeness (QED) is 0.824. The van der Waals surface area contributed by atoms with Crippen LogP contribution in [0.5, 0.6) is 0 Å². The molecule has 0 aromatic carbocycles. The SMILES string of the molecule is O=C(O)C(c1cccnc1)C1CCCC1. The molecule has 15 heavy (non-hydrogen) atoms. The average molecular weight is 205 g/mol. The molecule has 1 unspecified atom stereocenters. The topological polar surface area (TPSA) is 50.2 Å². The second kappa shape index (κ2) is 4.43. The summed E-state index contributed by atoms with van der Waals surface area (Å²) in [6, 6.07) is 3.67. The van der Waals surface area contributed by atoms with Crippen molar-refractivity contribution in [3.05, 3.63) is 30.1 Å². The number of carbonyl (C=O) groups is 1. The molecule has 3 heteroatoms. The Kier molecular flexibility index (Phi) is 2.99. The summed E-state index contributed by atoms with van der Waals surface area (Å²) in [7, 11) is 0. The molecule has 1 atom stereocenters. The summed E-state index contributed by atoms with van der Waals surface area (Å²) in [5, 5.41) is 9.26. The Morgan fingerprint density at radius 2 is 2.20 bits per heavy atom. The summed E-state index contributed by atoms with van der Waals surface area (Å²) in [6.07, 6.45) is 7.75. The second-order valence-electron chi connectivity index (χ2n) is 4.15. The van der Waals surface area contributed by atoms with Crippen molar-refractivity contribution in [2.24, 2.45) is 5.92 Å². The molecule has 0 aliphatic heterocycles. The summed E-state index contributed by atoms with van der Waals surface area (Å²) < 4.78 is 0. The van der Waals surface area contributed by atoms with Gasteiger partial charge in [-0.1, -0.05) is 18.9 Å². The highest BCUT2D eigenvalue weighted by Gasteiger charge is 2.31. The lowest BCUT2D eigenvalue weighted by Crippen LogP contribution is -2.19. The van der Waals surface area contributed by atoms with Gasteiger partial charge in [0.1, 0.15) is 0 Å². The minimum atomic E-state index is -0.713. The van der Waals surface area contributed by atoms with Crippen LogP contribution in [0.1, 0.15) is 37.2 Å². The Morgan fingerprint density at radius 3 is 2.73 bits per heavy atom. The van der Waals surface area contributed by atoms with E-state index in [9.17, 15) is 9.90 Å². The zero-order chi connectivity index (χ0) is 10.7. The van der Waals surface area contributed by atoms with E-state index in [2.05, 4.69) is 4.98 Å². The number of pyridine rings is 1. The van der Waals surface area contributed by atoms with Crippen molar-refractivity contribution in [2.45, 2.75) is 31.6 Å². The molecule has 1 aromatic heterocycles. The van der Waals surface area contributed by atoms with Crippen molar-refractivity contribution in [1.29, 1.82) is 0 Å². The maximum Gasteiger partial charge on any atom is 0.311 e. The van der Waals surface area contributed by atoms with Gasteiger partial charge in [-0.15, -0.1) is 0 Å². The Morgan fingerprint density at radius 1 is 1.47 bits per heavy atom. The summed E-state index contributed by atoms with van der Waals surface area (Å²) in [4.78, 5) is 15.3. The van der Waals surface area contributed by atoms with Gasteiger partial charge in [0.05, 0.1) is 5.92 Å². The summed E-state index contributed by atoms with van der Waals surface area (Å²) in [6.45, 7) is 0. The number of aromatic nitrogens is 1. The first-order valence-electron chi connectivity index (χ1n) is 5.42. The van der Waals surface area contributed by atoms with Gasteiger partial charge in [-0.2, -0.15) is 0 Å². The molecule has 0 radical (unpaired) electrons. The van der Waals surface area contributed by atoms with Gasteiger partial charge in [-0.05, 0) is 30.4 Å². The van der Waals surface area contributed by atoms with Crippen LogP contribution in [0.4, 0.5) is 0 Å². The first-order valence-corrected chi connectivity index (χ1v) is 5.42. The van der Waals surface area contributed by atoms with Crippen LogP contribution in [0.3, 0.4) is 0 Å². The molecule has 0 amide bonds. The molecule has 1 N–H and O–H groups in total. The highest BCUT2D eigenvalue weighted by Crippen LogP contribution is 2.37. The Balaban J connectivity index is 2.23. The highest BCUT2D eigenvalue weighted by atomic mass is 16.4. The molecular formula is C12H15NO2. The van der Waals surface area contributed by atoms with Crippen molar-refractivity contribution in [2.75, 3.05) is 0 Å². The average Bonchev–Trinajstić information content (AvgIpc) is 2.72. The number of nitrogens with zero attached hydrogens (tertiary/aromatic N) is 1. The molecule has 0 spiro atoms. The molecule has 1 saturated carbocycles. The minimum absolute atomic E-state index is 0.298. The van der Waals surface area contributed by atoms with Crippen LogP contribution in [0.2, 0.25) is 0 Å². The van der Waals surface area contributed by atoms with Gasteiger partial charge >= 0.3 is 5.97 Å². The van der Waals surface area contributed by atoms with Crippen LogP contribution >= 0.6 is 0 Å². The van der Waals surface area contributed by atoms with E-state index in [1.54, 1.807) is 18.5 Å². The predicted molar refractivity (Wildman–Crippen MR) is 56.6 cm³/mol. The zero-order valence-electron chi connectivity index (χ0n) is 8.60. The van der Waals surface area contributed by atoms with Crippen molar-refractivity contribution < 1.29 is 9.90 Å². The summed E-state index contributed by atoms with van der Waals surface area (Å²) in [5.41, 5.74) is 0.844. The monoisotopic (exact) mass is 205 g/mol. The molecule has 1 aliphatic rings. The van der Waals surface area contributed by atoms with E-state index in [1.165, 1.54) is 0 Å². The van der Waals surface area contributed by atoms with E-state index in [-0.39, 0.29) is 5.92 Å². The van der Waals surface area contributed by atoms with Crippen LogP contribution in [-0.2, 0) is 4.79 Å².